The predicted octanol–water partition coefficient (Wildman–Crippen LogP) is 2.82. The van der Waals surface area contributed by atoms with Gasteiger partial charge in [-0.15, -0.1) is 11.6 Å². The second-order valence-electron chi connectivity index (χ2n) is 3.21. The lowest BCUT2D eigenvalue weighted by Crippen LogP contribution is -2.16. The topological polar surface area (TPSA) is 24.9 Å². The molecule has 0 aliphatic heterocycles. The number of aromatic nitrogens is 1. The first-order chi connectivity index (χ1) is 6.24. The van der Waals surface area contributed by atoms with E-state index in [2.05, 4.69) is 17.2 Å². The predicted molar refractivity (Wildman–Crippen MR) is 57.4 cm³/mol. The van der Waals surface area contributed by atoms with Crippen molar-refractivity contribution in [2.45, 2.75) is 26.3 Å². The summed E-state index contributed by atoms with van der Waals surface area (Å²) in [4.78, 5) is 4.03. The van der Waals surface area contributed by atoms with Crippen molar-refractivity contribution in [2.24, 2.45) is 0 Å². The Kier molecular flexibility index (Phi) is 4.03. The summed E-state index contributed by atoms with van der Waals surface area (Å²) in [5, 5.41) is 3.39. The fraction of sp³-hybridized carbons (Fsp3) is 0.500. The van der Waals surface area contributed by atoms with Gasteiger partial charge < -0.3 is 5.32 Å². The number of anilines is 1. The van der Waals surface area contributed by atoms with Crippen LogP contribution in [-0.4, -0.2) is 16.9 Å². The van der Waals surface area contributed by atoms with E-state index in [9.17, 15) is 0 Å². The van der Waals surface area contributed by atoms with Crippen LogP contribution in [0.4, 0.5) is 5.69 Å². The molecule has 2 nitrogen and oxygen atoms in total. The van der Waals surface area contributed by atoms with Gasteiger partial charge in [-0.2, -0.15) is 0 Å². The molecule has 0 saturated heterocycles. The number of hydrogen-bond acceptors (Lipinski definition) is 2. The number of nitrogens with zero attached hydrogens (tertiary/aromatic N) is 1. The summed E-state index contributed by atoms with van der Waals surface area (Å²) in [6.07, 6.45) is 4.63. The number of rotatable bonds is 4. The fourth-order valence-electron chi connectivity index (χ4n) is 1.14. The van der Waals surface area contributed by atoms with E-state index in [0.717, 1.165) is 12.1 Å². The molecule has 1 N–H and O–H groups in total. The monoisotopic (exact) mass is 198 g/mol. The van der Waals surface area contributed by atoms with Gasteiger partial charge in [-0.05, 0) is 31.9 Å². The molecule has 1 aromatic rings. The Morgan fingerprint density at radius 2 is 2.38 bits per heavy atom. The number of hydrogen-bond donors (Lipinski definition) is 1. The van der Waals surface area contributed by atoms with Crippen LogP contribution in [0.1, 0.15) is 18.9 Å². The Labute approximate surface area is 84.3 Å². The molecule has 1 unspecified atom stereocenters. The summed E-state index contributed by atoms with van der Waals surface area (Å²) in [6, 6.07) is 2.40. The normalized spacial score (nSPS) is 12.5. The minimum absolute atomic E-state index is 0.415. The van der Waals surface area contributed by atoms with Crippen molar-refractivity contribution in [3.8, 4) is 0 Å². The average Bonchev–Trinajstić information content (AvgIpc) is 2.09. The van der Waals surface area contributed by atoms with Gasteiger partial charge in [0.1, 0.15) is 0 Å². The standard InChI is InChI=1S/C10H15ClN2/c1-8-7-12-6-4-10(8)13-9(2)3-5-11/h4,6-7,9H,3,5H2,1-2H3,(H,12,13). The van der Waals surface area contributed by atoms with Crippen LogP contribution < -0.4 is 5.32 Å². The summed E-state index contributed by atoms with van der Waals surface area (Å²) in [7, 11) is 0. The van der Waals surface area contributed by atoms with Gasteiger partial charge in [0, 0.05) is 30.0 Å². The Morgan fingerprint density at radius 1 is 1.62 bits per heavy atom. The highest BCUT2D eigenvalue weighted by atomic mass is 35.5. The maximum Gasteiger partial charge on any atom is 0.0402 e. The van der Waals surface area contributed by atoms with Crippen LogP contribution in [0.3, 0.4) is 0 Å². The zero-order valence-corrected chi connectivity index (χ0v) is 8.80. The van der Waals surface area contributed by atoms with Gasteiger partial charge in [0.15, 0.2) is 0 Å². The average molecular weight is 199 g/mol. The third kappa shape index (κ3) is 3.23. The van der Waals surface area contributed by atoms with Crippen LogP contribution in [0.15, 0.2) is 18.5 Å². The molecule has 0 aliphatic carbocycles. The lowest BCUT2D eigenvalue weighted by atomic mass is 10.2. The van der Waals surface area contributed by atoms with Gasteiger partial charge in [-0.1, -0.05) is 0 Å². The molecule has 13 heavy (non-hydrogen) atoms. The van der Waals surface area contributed by atoms with E-state index in [4.69, 9.17) is 11.6 Å². The van der Waals surface area contributed by atoms with Gasteiger partial charge in [-0.3, -0.25) is 4.98 Å². The summed E-state index contributed by atoms with van der Waals surface area (Å²) >= 11 is 5.65. The lowest BCUT2D eigenvalue weighted by Gasteiger charge is -2.15. The Bertz CT molecular complexity index is 263. The van der Waals surface area contributed by atoms with Crippen LogP contribution in [0.2, 0.25) is 0 Å². The number of nitrogens with one attached hydrogen (secondary N) is 1. The molecule has 0 bridgehead atoms. The highest BCUT2D eigenvalue weighted by Gasteiger charge is 2.02. The van der Waals surface area contributed by atoms with Crippen LogP contribution in [0, 0.1) is 6.92 Å². The molecule has 3 heteroatoms. The van der Waals surface area contributed by atoms with Gasteiger partial charge >= 0.3 is 0 Å². The van der Waals surface area contributed by atoms with Crippen molar-refractivity contribution < 1.29 is 0 Å². The highest BCUT2D eigenvalue weighted by molar-refractivity contribution is 6.17. The zero-order chi connectivity index (χ0) is 9.68. The van der Waals surface area contributed by atoms with Crippen LogP contribution in [-0.2, 0) is 0 Å². The largest absolute Gasteiger partial charge is 0.382 e. The molecule has 1 atom stereocenters. The summed E-state index contributed by atoms with van der Waals surface area (Å²) in [5.41, 5.74) is 2.32. The first-order valence-electron chi connectivity index (χ1n) is 4.47. The maximum atomic E-state index is 5.65. The van der Waals surface area contributed by atoms with E-state index < -0.39 is 0 Å². The van der Waals surface area contributed by atoms with Gasteiger partial charge in [0.05, 0.1) is 0 Å². The first-order valence-corrected chi connectivity index (χ1v) is 5.00. The zero-order valence-electron chi connectivity index (χ0n) is 8.05. The first kappa shape index (κ1) is 10.3. The smallest absolute Gasteiger partial charge is 0.0402 e. The molecule has 72 valence electrons. The van der Waals surface area contributed by atoms with Gasteiger partial charge in [0.2, 0.25) is 0 Å². The van der Waals surface area contributed by atoms with Crippen molar-refractivity contribution in [1.82, 2.24) is 4.98 Å². The molecular weight excluding hydrogens is 184 g/mol. The molecule has 0 saturated carbocycles. The van der Waals surface area contributed by atoms with Crippen LogP contribution >= 0.6 is 11.6 Å². The second-order valence-corrected chi connectivity index (χ2v) is 3.59. The quantitative estimate of drug-likeness (QED) is 0.753. The maximum absolute atomic E-state index is 5.65. The highest BCUT2D eigenvalue weighted by Crippen LogP contribution is 2.13. The van der Waals surface area contributed by atoms with Crippen LogP contribution in [0.25, 0.3) is 0 Å². The van der Waals surface area contributed by atoms with Crippen molar-refractivity contribution >= 4 is 17.3 Å². The number of halogens is 1. The number of pyridine rings is 1. The van der Waals surface area contributed by atoms with E-state index in [1.165, 1.54) is 5.56 Å². The van der Waals surface area contributed by atoms with E-state index in [1.807, 2.05) is 19.2 Å². The van der Waals surface area contributed by atoms with E-state index in [-0.39, 0.29) is 0 Å². The molecule has 0 spiro atoms. The molecule has 0 radical (unpaired) electrons. The fourth-order valence-corrected chi connectivity index (χ4v) is 1.46. The van der Waals surface area contributed by atoms with Gasteiger partial charge in [-0.25, -0.2) is 0 Å². The minimum atomic E-state index is 0.415. The van der Waals surface area contributed by atoms with E-state index >= 15 is 0 Å². The molecule has 1 aromatic heterocycles. The second kappa shape index (κ2) is 5.07. The third-order valence-electron chi connectivity index (χ3n) is 1.96. The van der Waals surface area contributed by atoms with Crippen LogP contribution in [0.5, 0.6) is 0 Å². The van der Waals surface area contributed by atoms with Gasteiger partial charge in [0.25, 0.3) is 0 Å². The molecule has 1 rings (SSSR count). The SMILES string of the molecule is Cc1cnccc1NC(C)CCCl. The van der Waals surface area contributed by atoms with Crippen molar-refractivity contribution in [2.75, 3.05) is 11.2 Å². The number of alkyl halides is 1. The molecule has 0 aromatic carbocycles. The summed E-state index contributed by atoms with van der Waals surface area (Å²) in [6.45, 7) is 4.17. The van der Waals surface area contributed by atoms with E-state index in [1.54, 1.807) is 6.20 Å². The van der Waals surface area contributed by atoms with Crippen molar-refractivity contribution in [1.29, 1.82) is 0 Å². The Hall–Kier alpha value is -0.760. The molecule has 0 amide bonds. The Morgan fingerprint density at radius 3 is 3.00 bits per heavy atom. The third-order valence-corrected chi connectivity index (χ3v) is 2.18. The molecular formula is C10H15ClN2. The number of aryl methyl sites for hydroxylation is 1. The van der Waals surface area contributed by atoms with Crippen molar-refractivity contribution in [3.63, 3.8) is 0 Å². The molecule has 0 aliphatic rings. The summed E-state index contributed by atoms with van der Waals surface area (Å²) < 4.78 is 0. The lowest BCUT2D eigenvalue weighted by molar-refractivity contribution is 0.767. The van der Waals surface area contributed by atoms with E-state index in [0.29, 0.717) is 11.9 Å². The molecule has 0 fully saturated rings. The molecule has 1 heterocycles. The summed E-state index contributed by atoms with van der Waals surface area (Å²) in [5.74, 6) is 0.693. The van der Waals surface area contributed by atoms with Crippen molar-refractivity contribution in [3.05, 3.63) is 24.0 Å². The minimum Gasteiger partial charge on any atom is -0.382 e. The Balaban J connectivity index is 2.58.